The maximum absolute atomic E-state index is 14.6. The fourth-order valence-corrected chi connectivity index (χ4v) is 3.76. The van der Waals surface area contributed by atoms with Gasteiger partial charge in [-0.15, -0.1) is 0 Å². The van der Waals surface area contributed by atoms with Gasteiger partial charge in [0.25, 0.3) is 5.91 Å². The van der Waals surface area contributed by atoms with Gasteiger partial charge in [-0.05, 0) is 80.6 Å². The lowest BCUT2D eigenvalue weighted by Crippen LogP contribution is -2.12. The molecule has 0 unspecified atom stereocenters. The molecule has 0 aliphatic carbocycles. The van der Waals surface area contributed by atoms with Gasteiger partial charge in [0.05, 0.1) is 17.2 Å². The molecule has 1 amide bonds. The van der Waals surface area contributed by atoms with E-state index < -0.39 is 11.7 Å². The lowest BCUT2D eigenvalue weighted by Gasteiger charge is -2.10. The number of carbonyl (C=O) groups is 1. The highest BCUT2D eigenvalue weighted by Gasteiger charge is 2.14. The van der Waals surface area contributed by atoms with Gasteiger partial charge in [-0.1, -0.05) is 0 Å². The van der Waals surface area contributed by atoms with Gasteiger partial charge in [0.15, 0.2) is 11.6 Å². The minimum Gasteiger partial charge on any atom is -0.453 e. The fraction of sp³-hybridized carbons (Fsp3) is 0.0741. The van der Waals surface area contributed by atoms with Crippen LogP contribution in [0, 0.1) is 25.5 Å². The molecule has 2 aromatic heterocycles. The predicted molar refractivity (Wildman–Crippen MR) is 129 cm³/mol. The van der Waals surface area contributed by atoms with Crippen molar-refractivity contribution in [1.82, 2.24) is 14.5 Å². The number of nitrogens with zero attached hydrogens (tertiary/aromatic N) is 3. The summed E-state index contributed by atoms with van der Waals surface area (Å²) in [5.41, 5.74) is 3.60. The van der Waals surface area contributed by atoms with Crippen LogP contribution in [0.1, 0.15) is 21.9 Å². The Morgan fingerprint density at radius 2 is 1.74 bits per heavy atom. The quantitative estimate of drug-likeness (QED) is 0.325. The standard InChI is InChI=1S/C27H20F2N4O2/c1-16-3-10-22(15-30-16)35-26-12-7-20(14-23(26)29)32-27(34)18-4-11-24-25(13-18)33(17(2)31-24)21-8-5-19(28)6-9-21/h3-15H,1-2H3,(H,32,34). The summed E-state index contributed by atoms with van der Waals surface area (Å²) in [6, 6.07) is 18.8. The van der Waals surface area contributed by atoms with E-state index in [2.05, 4.69) is 15.3 Å². The molecule has 0 saturated heterocycles. The predicted octanol–water partition coefficient (Wildman–Crippen LogP) is 6.36. The van der Waals surface area contributed by atoms with Crippen molar-refractivity contribution in [2.75, 3.05) is 5.32 Å². The Morgan fingerprint density at radius 1 is 0.943 bits per heavy atom. The normalized spacial score (nSPS) is 11.0. The van der Waals surface area contributed by atoms with E-state index >= 15 is 0 Å². The number of anilines is 1. The van der Waals surface area contributed by atoms with Gasteiger partial charge in [-0.2, -0.15) is 0 Å². The number of pyridine rings is 1. The van der Waals surface area contributed by atoms with Gasteiger partial charge in [-0.3, -0.25) is 14.3 Å². The number of halogens is 2. The maximum atomic E-state index is 14.6. The first kappa shape index (κ1) is 22.2. The molecule has 5 aromatic rings. The molecule has 0 bridgehead atoms. The smallest absolute Gasteiger partial charge is 0.255 e. The number of fused-ring (bicyclic) bond motifs is 1. The van der Waals surface area contributed by atoms with Crippen molar-refractivity contribution in [2.45, 2.75) is 13.8 Å². The Bertz CT molecular complexity index is 1540. The summed E-state index contributed by atoms with van der Waals surface area (Å²) in [7, 11) is 0. The molecule has 2 heterocycles. The summed E-state index contributed by atoms with van der Waals surface area (Å²) in [6.07, 6.45) is 1.51. The number of amides is 1. The van der Waals surface area contributed by atoms with Crippen molar-refractivity contribution in [3.63, 3.8) is 0 Å². The Hall–Kier alpha value is -4.59. The lowest BCUT2D eigenvalue weighted by atomic mass is 10.1. The second kappa shape index (κ2) is 8.98. The molecule has 1 N–H and O–H groups in total. The average Bonchev–Trinajstić information content (AvgIpc) is 3.17. The monoisotopic (exact) mass is 470 g/mol. The zero-order valence-electron chi connectivity index (χ0n) is 18.9. The molecule has 0 aliphatic rings. The molecule has 174 valence electrons. The number of benzene rings is 3. The van der Waals surface area contributed by atoms with Crippen LogP contribution in [0.4, 0.5) is 14.5 Å². The first-order chi connectivity index (χ1) is 16.9. The second-order valence-electron chi connectivity index (χ2n) is 8.01. The molecule has 5 rings (SSSR count). The molecule has 6 nitrogen and oxygen atoms in total. The average molecular weight is 470 g/mol. The van der Waals surface area contributed by atoms with E-state index in [4.69, 9.17) is 4.74 Å². The third-order valence-electron chi connectivity index (χ3n) is 5.47. The third-order valence-corrected chi connectivity index (χ3v) is 5.47. The van der Waals surface area contributed by atoms with Crippen LogP contribution in [-0.2, 0) is 0 Å². The van der Waals surface area contributed by atoms with E-state index in [1.165, 1.54) is 30.5 Å². The van der Waals surface area contributed by atoms with Crippen molar-refractivity contribution in [3.8, 4) is 17.2 Å². The zero-order valence-corrected chi connectivity index (χ0v) is 18.9. The van der Waals surface area contributed by atoms with E-state index in [9.17, 15) is 13.6 Å². The largest absolute Gasteiger partial charge is 0.453 e. The number of hydrogen-bond acceptors (Lipinski definition) is 4. The Balaban J connectivity index is 1.38. The molecule has 0 aliphatic heterocycles. The molecular weight excluding hydrogens is 450 g/mol. The first-order valence-electron chi connectivity index (χ1n) is 10.8. The number of aryl methyl sites for hydroxylation is 2. The number of hydrogen-bond donors (Lipinski definition) is 1. The molecule has 8 heteroatoms. The minimum atomic E-state index is -0.621. The van der Waals surface area contributed by atoms with Gasteiger partial charge < -0.3 is 10.1 Å². The highest BCUT2D eigenvalue weighted by Crippen LogP contribution is 2.27. The van der Waals surface area contributed by atoms with Crippen LogP contribution >= 0.6 is 0 Å². The Morgan fingerprint density at radius 3 is 2.46 bits per heavy atom. The van der Waals surface area contributed by atoms with Crippen LogP contribution in [-0.4, -0.2) is 20.4 Å². The molecule has 3 aromatic carbocycles. The molecule has 0 fully saturated rings. The fourth-order valence-electron chi connectivity index (χ4n) is 3.76. The van der Waals surface area contributed by atoms with Crippen molar-refractivity contribution in [1.29, 1.82) is 0 Å². The van der Waals surface area contributed by atoms with Crippen LogP contribution < -0.4 is 10.1 Å². The number of aromatic nitrogens is 3. The van der Waals surface area contributed by atoms with Crippen molar-refractivity contribution in [3.05, 3.63) is 108 Å². The molecule has 0 saturated carbocycles. The summed E-state index contributed by atoms with van der Waals surface area (Å²) >= 11 is 0. The number of rotatable bonds is 5. The number of carbonyl (C=O) groups excluding carboxylic acids is 1. The summed E-state index contributed by atoms with van der Waals surface area (Å²) in [6.45, 7) is 3.68. The topological polar surface area (TPSA) is 69.0 Å². The summed E-state index contributed by atoms with van der Waals surface area (Å²) in [5, 5.41) is 2.71. The van der Waals surface area contributed by atoms with Crippen molar-refractivity contribution >= 4 is 22.6 Å². The zero-order chi connectivity index (χ0) is 24.5. The van der Waals surface area contributed by atoms with E-state index in [0.29, 0.717) is 28.2 Å². The molecular formula is C27H20F2N4O2. The summed E-state index contributed by atoms with van der Waals surface area (Å²) in [4.78, 5) is 21.6. The SMILES string of the molecule is Cc1ccc(Oc2ccc(NC(=O)c3ccc4nc(C)n(-c5ccc(F)cc5)c4c3)cc2F)cn1. The second-order valence-corrected chi connectivity index (χ2v) is 8.01. The summed E-state index contributed by atoms with van der Waals surface area (Å²) in [5.74, 6) is -0.238. The van der Waals surface area contributed by atoms with E-state index in [-0.39, 0.29) is 17.3 Å². The highest BCUT2D eigenvalue weighted by atomic mass is 19.1. The lowest BCUT2D eigenvalue weighted by molar-refractivity contribution is 0.102. The molecule has 0 radical (unpaired) electrons. The molecule has 0 spiro atoms. The minimum absolute atomic E-state index is 0.0220. The van der Waals surface area contributed by atoms with Crippen LogP contribution in [0.5, 0.6) is 11.5 Å². The maximum Gasteiger partial charge on any atom is 0.255 e. The van der Waals surface area contributed by atoms with E-state index in [0.717, 1.165) is 11.4 Å². The van der Waals surface area contributed by atoms with E-state index in [1.54, 1.807) is 48.5 Å². The van der Waals surface area contributed by atoms with Gasteiger partial charge in [0.2, 0.25) is 0 Å². The van der Waals surface area contributed by atoms with Crippen molar-refractivity contribution in [2.24, 2.45) is 0 Å². The third kappa shape index (κ3) is 4.59. The van der Waals surface area contributed by atoms with Gasteiger partial charge in [-0.25, -0.2) is 13.8 Å². The van der Waals surface area contributed by atoms with Crippen LogP contribution in [0.2, 0.25) is 0 Å². The summed E-state index contributed by atoms with van der Waals surface area (Å²) < 4.78 is 35.4. The van der Waals surface area contributed by atoms with Crippen LogP contribution in [0.15, 0.2) is 79.0 Å². The van der Waals surface area contributed by atoms with Crippen molar-refractivity contribution < 1.29 is 18.3 Å². The van der Waals surface area contributed by atoms with Gasteiger partial charge in [0.1, 0.15) is 17.4 Å². The Labute approximate surface area is 199 Å². The van der Waals surface area contributed by atoms with Crippen LogP contribution in [0.25, 0.3) is 16.7 Å². The van der Waals surface area contributed by atoms with Crippen LogP contribution in [0.3, 0.4) is 0 Å². The molecule has 35 heavy (non-hydrogen) atoms. The number of imidazole rings is 1. The first-order valence-corrected chi connectivity index (χ1v) is 10.8. The van der Waals surface area contributed by atoms with Gasteiger partial charge in [0, 0.05) is 28.7 Å². The van der Waals surface area contributed by atoms with Gasteiger partial charge >= 0.3 is 0 Å². The Kier molecular flexibility index (Phi) is 5.70. The highest BCUT2D eigenvalue weighted by molar-refractivity contribution is 6.06. The van der Waals surface area contributed by atoms with E-state index in [1.807, 2.05) is 18.4 Å². The molecule has 0 atom stereocenters. The number of ether oxygens (including phenoxy) is 1. The number of nitrogens with one attached hydrogen (secondary N) is 1.